The summed E-state index contributed by atoms with van der Waals surface area (Å²) in [6.45, 7) is 3.86. The van der Waals surface area contributed by atoms with Crippen molar-refractivity contribution in [1.29, 1.82) is 0 Å². The summed E-state index contributed by atoms with van der Waals surface area (Å²) < 4.78 is 6.97. The minimum atomic E-state index is -1.06. The normalized spacial score (nSPS) is 19.4. The third-order valence-electron chi connectivity index (χ3n) is 5.13. The fraction of sp³-hybridized carbons (Fsp3) is 0.474. The maximum absolute atomic E-state index is 12.6. The second-order valence-corrected chi connectivity index (χ2v) is 6.76. The van der Waals surface area contributed by atoms with Crippen LogP contribution in [0.4, 0.5) is 0 Å². The van der Waals surface area contributed by atoms with Crippen molar-refractivity contribution in [1.82, 2.24) is 15.1 Å². The summed E-state index contributed by atoms with van der Waals surface area (Å²) >= 11 is 0. The number of aromatic nitrogens is 2. The molecule has 0 radical (unpaired) electrons. The zero-order valence-electron chi connectivity index (χ0n) is 15.2. The number of rotatable bonds is 4. The van der Waals surface area contributed by atoms with Crippen molar-refractivity contribution in [2.45, 2.75) is 38.7 Å². The Morgan fingerprint density at radius 3 is 2.84 bits per heavy atom. The molecule has 2 N–H and O–H groups in total. The molecule has 1 aliphatic rings. The molecule has 0 bridgehead atoms. The second kappa shape index (κ2) is 6.52. The fourth-order valence-corrected chi connectivity index (χ4v) is 3.66. The molecule has 0 spiro atoms. The highest BCUT2D eigenvalue weighted by Gasteiger charge is 2.35. The summed E-state index contributed by atoms with van der Waals surface area (Å²) in [6, 6.07) is 5.73. The first kappa shape index (κ1) is 17.5. The summed E-state index contributed by atoms with van der Waals surface area (Å²) in [5.74, 6) is 0.589. The maximum Gasteiger partial charge on any atom is 0.255 e. The predicted octanol–water partition coefficient (Wildman–Crippen LogP) is 2.00. The van der Waals surface area contributed by atoms with Crippen molar-refractivity contribution < 1.29 is 14.6 Å². The van der Waals surface area contributed by atoms with Crippen molar-refractivity contribution in [2.75, 3.05) is 13.7 Å². The molecule has 0 saturated carbocycles. The summed E-state index contributed by atoms with van der Waals surface area (Å²) in [4.78, 5) is 12.6. The van der Waals surface area contributed by atoms with Crippen molar-refractivity contribution in [2.24, 2.45) is 7.05 Å². The molecule has 1 aromatic heterocycles. The number of aliphatic hydroxyl groups is 1. The third kappa shape index (κ3) is 3.14. The first-order valence-electron chi connectivity index (χ1n) is 8.54. The summed E-state index contributed by atoms with van der Waals surface area (Å²) in [5.41, 5.74) is 2.99. The van der Waals surface area contributed by atoms with E-state index in [1.165, 1.54) is 0 Å². The van der Waals surface area contributed by atoms with Gasteiger partial charge in [0, 0.05) is 12.7 Å². The van der Waals surface area contributed by atoms with Gasteiger partial charge in [-0.25, -0.2) is 0 Å². The molecule has 0 saturated heterocycles. The Balaban J connectivity index is 1.81. The minimum Gasteiger partial charge on any atom is -0.497 e. The van der Waals surface area contributed by atoms with Crippen LogP contribution < -0.4 is 10.1 Å². The molecular formula is C19H25N3O3. The van der Waals surface area contributed by atoms with E-state index in [0.717, 1.165) is 35.4 Å². The number of nitrogens with zero attached hydrogens (tertiary/aromatic N) is 2. The second-order valence-electron chi connectivity index (χ2n) is 6.76. The van der Waals surface area contributed by atoms with Crippen LogP contribution >= 0.6 is 0 Å². The third-order valence-corrected chi connectivity index (χ3v) is 5.13. The van der Waals surface area contributed by atoms with E-state index in [9.17, 15) is 9.90 Å². The van der Waals surface area contributed by atoms with E-state index in [-0.39, 0.29) is 12.5 Å². The molecule has 1 aliphatic carbocycles. The number of hydrogen-bond donors (Lipinski definition) is 2. The zero-order valence-corrected chi connectivity index (χ0v) is 15.2. The number of nitrogens with one attached hydrogen (secondary N) is 1. The number of hydrogen-bond acceptors (Lipinski definition) is 4. The van der Waals surface area contributed by atoms with Crippen LogP contribution in [0.25, 0.3) is 0 Å². The zero-order chi connectivity index (χ0) is 18.2. The first-order chi connectivity index (χ1) is 11.9. The summed E-state index contributed by atoms with van der Waals surface area (Å²) in [6.07, 6.45) is 2.40. The number of amides is 1. The molecule has 134 valence electrons. The maximum atomic E-state index is 12.6. The standard InChI is InChI=1S/C19H25N3O3/c1-12-17(13(2)22(3)21-12)18(23)20-11-19(24)9-5-6-14-10-15(25-4)7-8-16(14)19/h7-8,10,24H,5-6,9,11H2,1-4H3,(H,20,23)/t19-/m1/s1. The lowest BCUT2D eigenvalue weighted by Crippen LogP contribution is -2.43. The van der Waals surface area contributed by atoms with Crippen LogP contribution in [0.2, 0.25) is 0 Å². The molecular weight excluding hydrogens is 318 g/mol. The van der Waals surface area contributed by atoms with Gasteiger partial charge in [0.15, 0.2) is 0 Å². The average Bonchev–Trinajstić information content (AvgIpc) is 2.85. The lowest BCUT2D eigenvalue weighted by Gasteiger charge is -2.35. The number of aryl methyl sites for hydroxylation is 3. The smallest absolute Gasteiger partial charge is 0.255 e. The Hall–Kier alpha value is -2.34. The van der Waals surface area contributed by atoms with E-state index in [1.807, 2.05) is 39.1 Å². The fourth-order valence-electron chi connectivity index (χ4n) is 3.66. The van der Waals surface area contributed by atoms with Gasteiger partial charge in [0.05, 0.1) is 24.9 Å². The van der Waals surface area contributed by atoms with Gasteiger partial charge in [0.2, 0.25) is 0 Å². The SMILES string of the molecule is COc1ccc2c(c1)CCC[C@@]2(O)CNC(=O)c1c(C)nn(C)c1C. The van der Waals surface area contributed by atoms with Gasteiger partial charge in [0.25, 0.3) is 5.91 Å². The molecule has 0 fully saturated rings. The number of carbonyl (C=O) groups excluding carboxylic acids is 1. The van der Waals surface area contributed by atoms with Crippen molar-refractivity contribution in [3.8, 4) is 5.75 Å². The number of fused-ring (bicyclic) bond motifs is 1. The number of carbonyl (C=O) groups is 1. The monoisotopic (exact) mass is 343 g/mol. The molecule has 6 nitrogen and oxygen atoms in total. The van der Waals surface area contributed by atoms with E-state index < -0.39 is 5.60 Å². The van der Waals surface area contributed by atoms with Crippen molar-refractivity contribution in [3.05, 3.63) is 46.3 Å². The largest absolute Gasteiger partial charge is 0.497 e. The number of ether oxygens (including phenoxy) is 1. The molecule has 3 rings (SSSR count). The van der Waals surface area contributed by atoms with Gasteiger partial charge >= 0.3 is 0 Å². The van der Waals surface area contributed by atoms with E-state index in [0.29, 0.717) is 17.7 Å². The average molecular weight is 343 g/mol. The van der Waals surface area contributed by atoms with E-state index in [1.54, 1.807) is 11.8 Å². The van der Waals surface area contributed by atoms with Crippen LogP contribution in [-0.2, 0) is 19.1 Å². The van der Waals surface area contributed by atoms with Crippen LogP contribution in [0.3, 0.4) is 0 Å². The van der Waals surface area contributed by atoms with Crippen LogP contribution in [0.15, 0.2) is 18.2 Å². The number of methoxy groups -OCH3 is 1. The van der Waals surface area contributed by atoms with Crippen LogP contribution in [0, 0.1) is 13.8 Å². The number of benzene rings is 1. The highest BCUT2D eigenvalue weighted by Crippen LogP contribution is 2.36. The Kier molecular flexibility index (Phi) is 4.56. The van der Waals surface area contributed by atoms with Gasteiger partial charge in [-0.1, -0.05) is 6.07 Å². The topological polar surface area (TPSA) is 76.4 Å². The van der Waals surface area contributed by atoms with Gasteiger partial charge in [-0.2, -0.15) is 5.10 Å². The highest BCUT2D eigenvalue weighted by molar-refractivity contribution is 5.96. The molecule has 1 atom stereocenters. The van der Waals surface area contributed by atoms with E-state index in [4.69, 9.17) is 4.74 Å². The summed E-state index contributed by atoms with van der Waals surface area (Å²) in [5, 5.41) is 18.3. The van der Waals surface area contributed by atoms with Gasteiger partial charge < -0.3 is 15.2 Å². The lowest BCUT2D eigenvalue weighted by atomic mass is 9.79. The van der Waals surface area contributed by atoms with E-state index in [2.05, 4.69) is 10.4 Å². The lowest BCUT2D eigenvalue weighted by molar-refractivity contribution is 0.0188. The predicted molar refractivity (Wildman–Crippen MR) is 94.8 cm³/mol. The van der Waals surface area contributed by atoms with Gasteiger partial charge in [0.1, 0.15) is 11.4 Å². The summed E-state index contributed by atoms with van der Waals surface area (Å²) in [7, 11) is 3.45. The van der Waals surface area contributed by atoms with Crippen molar-refractivity contribution in [3.63, 3.8) is 0 Å². The Labute approximate surface area is 147 Å². The molecule has 0 aliphatic heterocycles. The molecule has 0 unspecified atom stereocenters. The Morgan fingerprint density at radius 1 is 1.44 bits per heavy atom. The Bertz CT molecular complexity index is 812. The quantitative estimate of drug-likeness (QED) is 0.890. The van der Waals surface area contributed by atoms with Crippen LogP contribution in [0.5, 0.6) is 5.75 Å². The molecule has 1 aromatic carbocycles. The van der Waals surface area contributed by atoms with Crippen LogP contribution in [-0.4, -0.2) is 34.4 Å². The molecule has 1 heterocycles. The first-order valence-corrected chi connectivity index (χ1v) is 8.54. The van der Waals surface area contributed by atoms with Gasteiger partial charge in [-0.05, 0) is 56.4 Å². The van der Waals surface area contributed by atoms with Crippen LogP contribution in [0.1, 0.15) is 45.7 Å². The molecule has 1 amide bonds. The van der Waals surface area contributed by atoms with Gasteiger partial charge in [-0.3, -0.25) is 9.48 Å². The van der Waals surface area contributed by atoms with Crippen molar-refractivity contribution >= 4 is 5.91 Å². The Morgan fingerprint density at radius 2 is 2.20 bits per heavy atom. The highest BCUT2D eigenvalue weighted by atomic mass is 16.5. The van der Waals surface area contributed by atoms with Gasteiger partial charge in [-0.15, -0.1) is 0 Å². The molecule has 25 heavy (non-hydrogen) atoms. The molecule has 2 aromatic rings. The van der Waals surface area contributed by atoms with E-state index >= 15 is 0 Å². The minimum absolute atomic E-state index is 0.180. The molecule has 6 heteroatoms.